The third-order valence-corrected chi connectivity index (χ3v) is 6.73. The number of hydrogen-bond donors (Lipinski definition) is 0. The second-order valence-corrected chi connectivity index (χ2v) is 9.04. The number of ether oxygens (including phenoxy) is 1. The van der Waals surface area contributed by atoms with Crippen LogP contribution in [0.25, 0.3) is 10.9 Å². The van der Waals surface area contributed by atoms with Crippen molar-refractivity contribution in [3.05, 3.63) is 70.6 Å². The minimum absolute atomic E-state index is 0.0462. The van der Waals surface area contributed by atoms with Gasteiger partial charge in [0.2, 0.25) is 5.91 Å². The minimum Gasteiger partial charge on any atom is -0.376 e. The molecule has 0 spiro atoms. The molecule has 1 amide bonds. The van der Waals surface area contributed by atoms with E-state index in [9.17, 15) is 23.2 Å². The van der Waals surface area contributed by atoms with E-state index in [1.807, 2.05) is 0 Å². The maximum Gasteiger partial charge on any atom is 0.243 e. The van der Waals surface area contributed by atoms with E-state index in [1.54, 1.807) is 41.1 Å². The van der Waals surface area contributed by atoms with Gasteiger partial charge in [-0.25, -0.2) is 8.78 Å². The van der Waals surface area contributed by atoms with E-state index in [-0.39, 0.29) is 42.3 Å². The van der Waals surface area contributed by atoms with Crippen molar-refractivity contribution < 1.29 is 27.9 Å². The Morgan fingerprint density at radius 1 is 1.14 bits per heavy atom. The molecule has 1 fully saturated rings. The van der Waals surface area contributed by atoms with Crippen LogP contribution in [-0.4, -0.2) is 58.9 Å². The first-order valence-corrected chi connectivity index (χ1v) is 11.6. The van der Waals surface area contributed by atoms with Gasteiger partial charge in [0.25, 0.3) is 0 Å². The Balaban J connectivity index is 1.56. The molecule has 3 aromatic rings. The Hall–Kier alpha value is -3.10. The number of Topliss-reactive ketones (excluding diaryl/α,β-unsaturated/α-hetero) is 2. The summed E-state index contributed by atoms with van der Waals surface area (Å²) in [5.74, 6) is -1.64. The number of methoxy groups -OCH3 is 1. The number of hydrogen-bond acceptors (Lipinski definition) is 4. The molecular formula is C26H25ClF2N2O4. The number of rotatable bonds is 8. The lowest BCUT2D eigenvalue weighted by molar-refractivity contribution is -0.140. The van der Waals surface area contributed by atoms with E-state index in [2.05, 4.69) is 0 Å². The maximum atomic E-state index is 14.8. The lowest BCUT2D eigenvalue weighted by atomic mass is 9.99. The van der Waals surface area contributed by atoms with Crippen LogP contribution in [0.5, 0.6) is 0 Å². The van der Waals surface area contributed by atoms with Crippen molar-refractivity contribution >= 4 is 40.0 Å². The Morgan fingerprint density at radius 2 is 1.89 bits per heavy atom. The second-order valence-electron chi connectivity index (χ2n) is 8.63. The largest absolute Gasteiger partial charge is 0.376 e. The fourth-order valence-corrected chi connectivity index (χ4v) is 4.91. The van der Waals surface area contributed by atoms with Gasteiger partial charge in [-0.05, 0) is 31.0 Å². The molecule has 35 heavy (non-hydrogen) atoms. The van der Waals surface area contributed by atoms with Gasteiger partial charge < -0.3 is 14.2 Å². The summed E-state index contributed by atoms with van der Waals surface area (Å²) in [4.78, 5) is 39.7. The van der Waals surface area contributed by atoms with Crippen molar-refractivity contribution in [2.75, 3.05) is 13.7 Å². The van der Waals surface area contributed by atoms with Crippen molar-refractivity contribution in [1.29, 1.82) is 0 Å². The molecule has 4 rings (SSSR count). The Labute approximate surface area is 206 Å². The molecule has 0 N–H and O–H groups in total. The predicted molar refractivity (Wildman–Crippen MR) is 128 cm³/mol. The molecule has 1 aliphatic rings. The predicted octanol–water partition coefficient (Wildman–Crippen LogP) is 4.40. The van der Waals surface area contributed by atoms with Crippen LogP contribution >= 0.6 is 11.6 Å². The molecular weight excluding hydrogens is 478 g/mol. The monoisotopic (exact) mass is 502 g/mol. The minimum atomic E-state index is -1.55. The summed E-state index contributed by atoms with van der Waals surface area (Å²) in [6, 6.07) is 10.6. The highest BCUT2D eigenvalue weighted by Gasteiger charge is 2.48. The van der Waals surface area contributed by atoms with Gasteiger partial charge in [0.1, 0.15) is 30.7 Å². The van der Waals surface area contributed by atoms with Gasteiger partial charge in [-0.2, -0.15) is 0 Å². The van der Waals surface area contributed by atoms with Gasteiger partial charge in [0.15, 0.2) is 11.6 Å². The van der Waals surface area contributed by atoms with Crippen molar-refractivity contribution in [1.82, 2.24) is 9.47 Å². The Morgan fingerprint density at radius 3 is 2.60 bits per heavy atom. The average Bonchev–Trinajstić information content (AvgIpc) is 3.37. The van der Waals surface area contributed by atoms with E-state index in [0.29, 0.717) is 16.5 Å². The second kappa shape index (κ2) is 10.3. The molecule has 6 nitrogen and oxygen atoms in total. The number of carbonyl (C=O) groups is 3. The molecule has 0 unspecified atom stereocenters. The third kappa shape index (κ3) is 4.86. The van der Waals surface area contributed by atoms with Crippen LogP contribution in [0, 0.1) is 5.82 Å². The van der Waals surface area contributed by atoms with E-state index in [0.717, 1.165) is 0 Å². The third-order valence-electron chi connectivity index (χ3n) is 6.44. The number of aromatic nitrogens is 1. The van der Waals surface area contributed by atoms with E-state index in [1.165, 1.54) is 31.1 Å². The highest BCUT2D eigenvalue weighted by Crippen LogP contribution is 2.28. The molecule has 0 aliphatic carbocycles. The molecule has 0 radical (unpaired) electrons. The van der Waals surface area contributed by atoms with Crippen molar-refractivity contribution in [2.24, 2.45) is 0 Å². The number of ketones is 2. The first-order chi connectivity index (χ1) is 16.7. The number of halogens is 3. The molecule has 1 aromatic heterocycles. The lowest BCUT2D eigenvalue weighted by Crippen LogP contribution is -2.47. The number of carbonyl (C=O) groups excluding carboxylic acids is 3. The van der Waals surface area contributed by atoms with Gasteiger partial charge in [-0.3, -0.25) is 14.4 Å². The molecule has 1 saturated heterocycles. The summed E-state index contributed by atoms with van der Waals surface area (Å²) in [5, 5.41) is 0.665. The van der Waals surface area contributed by atoms with E-state index >= 15 is 0 Å². The van der Waals surface area contributed by atoms with Crippen LogP contribution < -0.4 is 0 Å². The summed E-state index contributed by atoms with van der Waals surface area (Å²) >= 11 is 5.82. The van der Waals surface area contributed by atoms with Crippen LogP contribution in [0.1, 0.15) is 29.3 Å². The maximum absolute atomic E-state index is 14.8. The molecule has 9 heteroatoms. The summed E-state index contributed by atoms with van der Waals surface area (Å²) in [6.45, 7) is 0.977. The van der Waals surface area contributed by atoms with Gasteiger partial charge in [0, 0.05) is 36.2 Å². The fourth-order valence-electron chi connectivity index (χ4n) is 4.71. The molecule has 0 bridgehead atoms. The van der Waals surface area contributed by atoms with Crippen molar-refractivity contribution in [3.8, 4) is 0 Å². The topological polar surface area (TPSA) is 68.6 Å². The lowest BCUT2D eigenvalue weighted by Gasteiger charge is -2.26. The van der Waals surface area contributed by atoms with Crippen LogP contribution in [0.2, 0.25) is 5.02 Å². The molecule has 1 aliphatic heterocycles. The number of amides is 1. The standard InChI is InChI=1S/C26H25ClF2N2O4/c1-15(32)18-12-30(21-9-4-3-7-17(18)21)14-23(34)31-13-20(28)26(35-2)25(31)22(33)11-10-16-6-5-8-19(27)24(16)29/h3-9,12,20,25-26H,10-11,13-14H2,1-2H3/t20-,25+,26+/m0/s1. The molecule has 2 heterocycles. The number of likely N-dealkylation sites (tertiary alicyclic amines) is 1. The van der Waals surface area contributed by atoms with Crippen molar-refractivity contribution in [3.63, 3.8) is 0 Å². The first-order valence-electron chi connectivity index (χ1n) is 11.2. The number of aryl methyl sites for hydroxylation is 1. The molecule has 2 aromatic carbocycles. The molecule has 0 saturated carbocycles. The van der Waals surface area contributed by atoms with Crippen molar-refractivity contribution in [2.45, 2.75) is 44.6 Å². The first kappa shape index (κ1) is 25.0. The number of para-hydroxylation sites is 1. The highest BCUT2D eigenvalue weighted by atomic mass is 35.5. The van der Waals surface area contributed by atoms with E-state index in [4.69, 9.17) is 16.3 Å². The Bertz CT molecular complexity index is 1290. The molecule has 3 atom stereocenters. The van der Waals surface area contributed by atoms with E-state index < -0.39 is 35.8 Å². The zero-order valence-electron chi connectivity index (χ0n) is 19.3. The summed E-state index contributed by atoms with van der Waals surface area (Å²) in [6.07, 6.45) is -1.12. The van der Waals surface area contributed by atoms with Crippen LogP contribution in [0.3, 0.4) is 0 Å². The normalized spacial score (nSPS) is 19.9. The fraction of sp³-hybridized carbons (Fsp3) is 0.346. The number of alkyl halides is 1. The van der Waals surface area contributed by atoms with Gasteiger partial charge in [0.05, 0.1) is 11.6 Å². The van der Waals surface area contributed by atoms with Crippen LogP contribution in [0.4, 0.5) is 8.78 Å². The van der Waals surface area contributed by atoms with Gasteiger partial charge in [-0.15, -0.1) is 0 Å². The number of fused-ring (bicyclic) bond motifs is 1. The van der Waals surface area contributed by atoms with Crippen LogP contribution in [-0.2, 0) is 27.3 Å². The summed E-state index contributed by atoms with van der Waals surface area (Å²) in [7, 11) is 1.29. The number of benzene rings is 2. The average molecular weight is 503 g/mol. The van der Waals surface area contributed by atoms with Gasteiger partial charge >= 0.3 is 0 Å². The summed E-state index contributed by atoms with van der Waals surface area (Å²) < 4.78 is 35.9. The quantitative estimate of drug-likeness (QED) is 0.428. The Kier molecular flexibility index (Phi) is 7.33. The van der Waals surface area contributed by atoms with Crippen LogP contribution in [0.15, 0.2) is 48.7 Å². The zero-order valence-corrected chi connectivity index (χ0v) is 20.1. The zero-order chi connectivity index (χ0) is 25.3. The van der Waals surface area contributed by atoms with Gasteiger partial charge in [-0.1, -0.05) is 41.9 Å². The SMILES string of the molecule is CO[C@H]1[C@@H](C(=O)CCc2cccc(Cl)c2F)N(C(=O)Cn2cc(C(C)=O)c3ccccc32)C[C@@H]1F. The highest BCUT2D eigenvalue weighted by molar-refractivity contribution is 6.30. The summed E-state index contributed by atoms with van der Waals surface area (Å²) in [5.41, 5.74) is 1.43. The smallest absolute Gasteiger partial charge is 0.243 e. The number of nitrogens with zero attached hydrogens (tertiary/aromatic N) is 2. The molecule has 184 valence electrons.